The lowest BCUT2D eigenvalue weighted by atomic mass is 9.87. The second-order valence-electron chi connectivity index (χ2n) is 5.47. The largest absolute Gasteiger partial charge is 0.369 e. The van der Waals surface area contributed by atoms with E-state index >= 15 is 0 Å². The molecule has 0 spiro atoms. The number of ether oxygens (including phenoxy) is 1. The molecule has 0 saturated carbocycles. The molecule has 1 aliphatic carbocycles. The van der Waals surface area contributed by atoms with Crippen LogP contribution in [0.1, 0.15) is 43.9 Å². The van der Waals surface area contributed by atoms with E-state index in [4.69, 9.17) is 4.74 Å². The molecule has 0 N–H and O–H groups in total. The molecule has 0 saturated heterocycles. The van der Waals surface area contributed by atoms with Crippen LogP contribution in [0.3, 0.4) is 0 Å². The number of hydrogen-bond donors (Lipinski definition) is 0. The zero-order chi connectivity index (χ0) is 13.8. The first kappa shape index (κ1) is 14.1. The number of rotatable bonds is 4. The molecule has 0 aromatic heterocycles. The number of amides is 1. The van der Waals surface area contributed by atoms with Crippen molar-refractivity contribution in [3.63, 3.8) is 0 Å². The molecular weight excluding hydrogens is 238 g/mol. The van der Waals surface area contributed by atoms with Gasteiger partial charge in [0.15, 0.2) is 0 Å². The van der Waals surface area contributed by atoms with Gasteiger partial charge in [-0.25, -0.2) is 0 Å². The van der Waals surface area contributed by atoms with Crippen LogP contribution in [-0.2, 0) is 16.0 Å². The highest BCUT2D eigenvalue weighted by Gasteiger charge is 2.26. The van der Waals surface area contributed by atoms with Crippen LogP contribution in [0.4, 0.5) is 0 Å². The average Bonchev–Trinajstić information content (AvgIpc) is 2.43. The Hall–Kier alpha value is -1.35. The smallest absolute Gasteiger partial charge is 0.248 e. The number of carbonyl (C=O) groups is 1. The lowest BCUT2D eigenvalue weighted by Crippen LogP contribution is -2.36. The fourth-order valence-corrected chi connectivity index (χ4v) is 2.64. The molecule has 1 unspecified atom stereocenters. The van der Waals surface area contributed by atoms with Crippen molar-refractivity contribution in [3.8, 4) is 0 Å². The number of hydrogen-bond acceptors (Lipinski definition) is 2. The zero-order valence-corrected chi connectivity index (χ0v) is 12.1. The average molecular weight is 261 g/mol. The van der Waals surface area contributed by atoms with Gasteiger partial charge in [-0.15, -0.1) is 0 Å². The van der Waals surface area contributed by atoms with Crippen LogP contribution in [0, 0.1) is 0 Å². The van der Waals surface area contributed by atoms with E-state index < -0.39 is 0 Å². The first-order chi connectivity index (χ1) is 9.09. The van der Waals surface area contributed by atoms with Gasteiger partial charge in [-0.3, -0.25) is 4.79 Å². The number of benzene rings is 1. The monoisotopic (exact) mass is 261 g/mol. The van der Waals surface area contributed by atoms with Gasteiger partial charge in [-0.2, -0.15) is 0 Å². The summed E-state index contributed by atoms with van der Waals surface area (Å²) in [6.07, 6.45) is 3.40. The van der Waals surface area contributed by atoms with Gasteiger partial charge in [-0.05, 0) is 44.2 Å². The van der Waals surface area contributed by atoms with E-state index in [1.54, 1.807) is 0 Å². The van der Waals surface area contributed by atoms with E-state index in [-0.39, 0.29) is 24.7 Å². The van der Waals surface area contributed by atoms with E-state index in [2.05, 4.69) is 24.3 Å². The number of nitrogens with zero attached hydrogens (tertiary/aromatic N) is 1. The maximum atomic E-state index is 12.2. The van der Waals surface area contributed by atoms with Gasteiger partial charge in [0.2, 0.25) is 5.91 Å². The van der Waals surface area contributed by atoms with Crippen LogP contribution in [0.25, 0.3) is 0 Å². The van der Waals surface area contributed by atoms with Crippen molar-refractivity contribution < 1.29 is 9.53 Å². The summed E-state index contributed by atoms with van der Waals surface area (Å²) in [7, 11) is 1.89. The minimum absolute atomic E-state index is 0.0652. The molecule has 0 aliphatic heterocycles. The highest BCUT2D eigenvalue weighted by molar-refractivity contribution is 5.77. The van der Waals surface area contributed by atoms with Gasteiger partial charge in [0.1, 0.15) is 6.61 Å². The number of likely N-dealkylation sites (N-methyl/N-ethyl adjacent to an activating group) is 1. The second kappa shape index (κ2) is 6.20. The Labute approximate surface area is 115 Å². The minimum Gasteiger partial charge on any atom is -0.369 e. The van der Waals surface area contributed by atoms with Crippen molar-refractivity contribution in [1.29, 1.82) is 0 Å². The quantitative estimate of drug-likeness (QED) is 0.834. The summed E-state index contributed by atoms with van der Waals surface area (Å²) in [6, 6.07) is 8.65. The molecule has 0 fully saturated rings. The van der Waals surface area contributed by atoms with Crippen LogP contribution in [0.5, 0.6) is 0 Å². The molecule has 1 atom stereocenters. The van der Waals surface area contributed by atoms with Crippen molar-refractivity contribution in [2.75, 3.05) is 13.7 Å². The van der Waals surface area contributed by atoms with E-state index in [9.17, 15) is 4.79 Å². The van der Waals surface area contributed by atoms with Gasteiger partial charge < -0.3 is 9.64 Å². The molecule has 0 heterocycles. The summed E-state index contributed by atoms with van der Waals surface area (Å²) in [4.78, 5) is 14.0. The summed E-state index contributed by atoms with van der Waals surface area (Å²) in [6.45, 7) is 4.07. The summed E-state index contributed by atoms with van der Waals surface area (Å²) in [5.41, 5.74) is 2.68. The summed E-state index contributed by atoms with van der Waals surface area (Å²) < 4.78 is 5.41. The molecule has 3 heteroatoms. The summed E-state index contributed by atoms with van der Waals surface area (Å²) in [5.74, 6) is 0.0652. The van der Waals surface area contributed by atoms with Crippen LogP contribution < -0.4 is 0 Å². The number of fused-ring (bicyclic) bond motifs is 1. The highest BCUT2D eigenvalue weighted by Crippen LogP contribution is 2.33. The molecule has 0 radical (unpaired) electrons. The summed E-state index contributed by atoms with van der Waals surface area (Å²) in [5, 5.41) is 0. The third kappa shape index (κ3) is 3.35. The van der Waals surface area contributed by atoms with Crippen LogP contribution >= 0.6 is 0 Å². The molecule has 2 rings (SSSR count). The minimum atomic E-state index is 0.0652. The fourth-order valence-electron chi connectivity index (χ4n) is 2.64. The van der Waals surface area contributed by atoms with Gasteiger partial charge in [0.25, 0.3) is 0 Å². The number of carbonyl (C=O) groups excluding carboxylic acids is 1. The fraction of sp³-hybridized carbons (Fsp3) is 0.562. The van der Waals surface area contributed by atoms with Gasteiger partial charge in [0, 0.05) is 7.05 Å². The third-order valence-electron chi connectivity index (χ3n) is 3.74. The normalized spacial score (nSPS) is 18.2. The van der Waals surface area contributed by atoms with Crippen LogP contribution in [-0.4, -0.2) is 30.6 Å². The molecule has 0 bridgehead atoms. The highest BCUT2D eigenvalue weighted by atomic mass is 16.5. The SMILES string of the molecule is CC(C)OCC(=O)N(C)C1CCCc2ccccc21. The van der Waals surface area contributed by atoms with E-state index in [0.717, 1.165) is 19.3 Å². The third-order valence-corrected chi connectivity index (χ3v) is 3.74. The molecule has 1 amide bonds. The Morgan fingerprint density at radius 2 is 2.16 bits per heavy atom. The van der Waals surface area contributed by atoms with Crippen LogP contribution in [0.2, 0.25) is 0 Å². The van der Waals surface area contributed by atoms with Crippen molar-refractivity contribution in [3.05, 3.63) is 35.4 Å². The van der Waals surface area contributed by atoms with Gasteiger partial charge >= 0.3 is 0 Å². The van der Waals surface area contributed by atoms with Crippen molar-refractivity contribution >= 4 is 5.91 Å². The standard InChI is InChI=1S/C16H23NO2/c1-12(2)19-11-16(18)17(3)15-10-6-8-13-7-4-5-9-14(13)15/h4-5,7,9,12,15H,6,8,10-11H2,1-3H3. The zero-order valence-electron chi connectivity index (χ0n) is 12.1. The summed E-state index contributed by atoms with van der Waals surface area (Å²) >= 11 is 0. The van der Waals surface area contributed by atoms with E-state index in [1.165, 1.54) is 11.1 Å². The molecule has 1 aromatic carbocycles. The maximum absolute atomic E-state index is 12.2. The van der Waals surface area contributed by atoms with Crippen molar-refractivity contribution in [2.24, 2.45) is 0 Å². The second-order valence-corrected chi connectivity index (χ2v) is 5.47. The van der Waals surface area contributed by atoms with Crippen molar-refractivity contribution in [2.45, 2.75) is 45.3 Å². The van der Waals surface area contributed by atoms with E-state index in [1.807, 2.05) is 25.8 Å². The predicted octanol–water partition coefficient (Wildman–Crippen LogP) is 2.95. The molecule has 19 heavy (non-hydrogen) atoms. The first-order valence-electron chi connectivity index (χ1n) is 7.04. The lowest BCUT2D eigenvalue weighted by molar-refractivity contribution is -0.138. The van der Waals surface area contributed by atoms with E-state index in [0.29, 0.717) is 0 Å². The molecule has 3 nitrogen and oxygen atoms in total. The Balaban J connectivity index is 2.08. The lowest BCUT2D eigenvalue weighted by Gasteiger charge is -2.33. The number of aryl methyl sites for hydroxylation is 1. The van der Waals surface area contributed by atoms with Crippen LogP contribution in [0.15, 0.2) is 24.3 Å². The molecule has 104 valence electrons. The Kier molecular flexibility index (Phi) is 4.59. The Bertz CT molecular complexity index is 442. The predicted molar refractivity (Wildman–Crippen MR) is 76.0 cm³/mol. The van der Waals surface area contributed by atoms with Gasteiger partial charge in [0.05, 0.1) is 12.1 Å². The van der Waals surface area contributed by atoms with Gasteiger partial charge in [-0.1, -0.05) is 24.3 Å². The Morgan fingerprint density at radius 1 is 1.42 bits per heavy atom. The molecule has 1 aliphatic rings. The molecular formula is C16H23NO2. The topological polar surface area (TPSA) is 29.5 Å². The van der Waals surface area contributed by atoms with Crippen molar-refractivity contribution in [1.82, 2.24) is 4.90 Å². The molecule has 1 aromatic rings. The maximum Gasteiger partial charge on any atom is 0.248 e. The Morgan fingerprint density at radius 3 is 2.89 bits per heavy atom. The first-order valence-corrected chi connectivity index (χ1v) is 7.04.